The highest BCUT2D eigenvalue weighted by molar-refractivity contribution is 9.10. The Balaban J connectivity index is 2.16. The third-order valence-electron chi connectivity index (χ3n) is 2.86. The van der Waals surface area contributed by atoms with Gasteiger partial charge in [-0.3, -0.25) is 4.79 Å². The minimum Gasteiger partial charge on any atom is -0.482 e. The second kappa shape index (κ2) is 10.1. The molecule has 112 valence electrons. The van der Waals surface area contributed by atoms with Crippen LogP contribution >= 0.6 is 27.5 Å². The zero-order chi connectivity index (χ0) is 14.8. The van der Waals surface area contributed by atoms with E-state index in [1.165, 1.54) is 19.3 Å². The van der Waals surface area contributed by atoms with Crippen LogP contribution in [0.3, 0.4) is 0 Å². The van der Waals surface area contributed by atoms with E-state index in [2.05, 4.69) is 28.2 Å². The molecule has 20 heavy (non-hydrogen) atoms. The Morgan fingerprint density at radius 3 is 2.75 bits per heavy atom. The summed E-state index contributed by atoms with van der Waals surface area (Å²) in [5.74, 6) is 0.410. The van der Waals surface area contributed by atoms with Crippen LogP contribution in [-0.4, -0.2) is 19.1 Å². The molecule has 0 bridgehead atoms. The normalized spacial score (nSPS) is 10.3. The van der Waals surface area contributed by atoms with Gasteiger partial charge in [-0.25, -0.2) is 0 Å². The number of hydrogen-bond donors (Lipinski definition) is 1. The Labute approximate surface area is 134 Å². The van der Waals surface area contributed by atoms with Crippen molar-refractivity contribution in [3.8, 4) is 5.75 Å². The highest BCUT2D eigenvalue weighted by atomic mass is 79.9. The highest BCUT2D eigenvalue weighted by Crippen LogP contribution is 2.27. The molecule has 0 spiro atoms. The molecule has 0 saturated heterocycles. The van der Waals surface area contributed by atoms with Crippen molar-refractivity contribution in [2.75, 3.05) is 13.2 Å². The van der Waals surface area contributed by atoms with E-state index in [0.29, 0.717) is 17.3 Å². The fourth-order valence-corrected chi connectivity index (χ4v) is 2.47. The van der Waals surface area contributed by atoms with Crippen LogP contribution in [0, 0.1) is 0 Å². The Hall–Kier alpha value is -0.740. The van der Waals surface area contributed by atoms with Crippen molar-refractivity contribution in [1.29, 1.82) is 0 Å². The summed E-state index contributed by atoms with van der Waals surface area (Å²) in [6.07, 6.45) is 5.91. The molecule has 1 aromatic carbocycles. The topological polar surface area (TPSA) is 38.3 Å². The Morgan fingerprint density at radius 1 is 1.30 bits per heavy atom. The summed E-state index contributed by atoms with van der Waals surface area (Å²) in [6.45, 7) is 2.89. The SMILES string of the molecule is CCCCCCCNC(=O)COc1ccc(Br)cc1Cl. The molecule has 3 nitrogen and oxygen atoms in total. The number of halogens is 2. The van der Waals surface area contributed by atoms with Gasteiger partial charge in [0.15, 0.2) is 6.61 Å². The molecule has 1 amide bonds. The number of hydrogen-bond acceptors (Lipinski definition) is 2. The van der Waals surface area contributed by atoms with E-state index in [9.17, 15) is 4.79 Å². The maximum atomic E-state index is 11.6. The first-order chi connectivity index (χ1) is 9.63. The molecule has 1 aromatic rings. The van der Waals surface area contributed by atoms with Gasteiger partial charge in [-0.15, -0.1) is 0 Å². The molecule has 0 atom stereocenters. The lowest BCUT2D eigenvalue weighted by molar-refractivity contribution is -0.123. The van der Waals surface area contributed by atoms with E-state index < -0.39 is 0 Å². The van der Waals surface area contributed by atoms with Crippen molar-refractivity contribution in [2.24, 2.45) is 0 Å². The summed E-state index contributed by atoms with van der Waals surface area (Å²) in [5.41, 5.74) is 0. The molecular formula is C15H21BrClNO2. The fraction of sp³-hybridized carbons (Fsp3) is 0.533. The van der Waals surface area contributed by atoms with E-state index in [-0.39, 0.29) is 12.5 Å². The van der Waals surface area contributed by atoms with Gasteiger partial charge in [0.25, 0.3) is 5.91 Å². The highest BCUT2D eigenvalue weighted by Gasteiger charge is 2.05. The minimum absolute atomic E-state index is 0.00366. The molecule has 0 aromatic heterocycles. The Morgan fingerprint density at radius 2 is 2.05 bits per heavy atom. The van der Waals surface area contributed by atoms with Gasteiger partial charge in [0.1, 0.15) is 5.75 Å². The first-order valence-electron chi connectivity index (χ1n) is 6.98. The maximum absolute atomic E-state index is 11.6. The molecule has 0 aliphatic heterocycles. The van der Waals surface area contributed by atoms with Crippen molar-refractivity contribution in [3.05, 3.63) is 27.7 Å². The monoisotopic (exact) mass is 361 g/mol. The molecule has 0 aliphatic carbocycles. The lowest BCUT2D eigenvalue weighted by Gasteiger charge is -2.09. The number of nitrogens with one attached hydrogen (secondary N) is 1. The van der Waals surface area contributed by atoms with Crippen molar-refractivity contribution in [1.82, 2.24) is 5.32 Å². The molecule has 0 fully saturated rings. The van der Waals surface area contributed by atoms with Crippen LogP contribution < -0.4 is 10.1 Å². The number of carbonyl (C=O) groups is 1. The average Bonchev–Trinajstić information content (AvgIpc) is 2.41. The van der Waals surface area contributed by atoms with Crippen LogP contribution in [0.5, 0.6) is 5.75 Å². The van der Waals surface area contributed by atoms with Crippen molar-refractivity contribution in [2.45, 2.75) is 39.0 Å². The number of carbonyl (C=O) groups excluding carboxylic acids is 1. The van der Waals surface area contributed by atoms with Gasteiger partial charge < -0.3 is 10.1 Å². The van der Waals surface area contributed by atoms with Crippen molar-refractivity contribution < 1.29 is 9.53 Å². The third kappa shape index (κ3) is 7.15. The first kappa shape index (κ1) is 17.3. The van der Waals surface area contributed by atoms with Gasteiger partial charge in [0.05, 0.1) is 5.02 Å². The third-order valence-corrected chi connectivity index (χ3v) is 3.64. The van der Waals surface area contributed by atoms with E-state index in [0.717, 1.165) is 17.3 Å². The summed E-state index contributed by atoms with van der Waals surface area (Å²) in [6, 6.07) is 5.31. The van der Waals surface area contributed by atoms with Crippen molar-refractivity contribution >= 4 is 33.4 Å². The van der Waals surface area contributed by atoms with E-state index in [4.69, 9.17) is 16.3 Å². The maximum Gasteiger partial charge on any atom is 0.257 e. The van der Waals surface area contributed by atoms with Crippen LogP contribution in [0.4, 0.5) is 0 Å². The van der Waals surface area contributed by atoms with Gasteiger partial charge in [-0.2, -0.15) is 0 Å². The smallest absolute Gasteiger partial charge is 0.257 e. The fourth-order valence-electron chi connectivity index (χ4n) is 1.74. The molecule has 0 unspecified atom stereocenters. The molecular weight excluding hydrogens is 342 g/mol. The summed E-state index contributed by atoms with van der Waals surface area (Å²) >= 11 is 9.32. The van der Waals surface area contributed by atoms with Gasteiger partial charge >= 0.3 is 0 Å². The summed E-state index contributed by atoms with van der Waals surface area (Å²) in [4.78, 5) is 11.6. The molecule has 5 heteroatoms. The van der Waals surface area contributed by atoms with Crippen LogP contribution in [-0.2, 0) is 4.79 Å². The minimum atomic E-state index is -0.112. The molecule has 0 saturated carbocycles. The summed E-state index contributed by atoms with van der Waals surface area (Å²) in [5, 5.41) is 3.34. The predicted octanol–water partition coefficient (Wildman–Crippen LogP) is 4.57. The van der Waals surface area contributed by atoms with E-state index in [1.807, 2.05) is 6.07 Å². The standard InChI is InChI=1S/C15H21BrClNO2/c1-2-3-4-5-6-9-18-15(19)11-20-14-8-7-12(16)10-13(14)17/h7-8,10H,2-6,9,11H2,1H3,(H,18,19). The van der Waals surface area contributed by atoms with Gasteiger partial charge in [-0.1, -0.05) is 60.1 Å². The molecule has 0 heterocycles. The first-order valence-corrected chi connectivity index (χ1v) is 8.15. The second-order valence-corrected chi connectivity index (χ2v) is 5.95. The van der Waals surface area contributed by atoms with Gasteiger partial charge in [0.2, 0.25) is 0 Å². The Kier molecular flexibility index (Phi) is 8.70. The average molecular weight is 363 g/mol. The lowest BCUT2D eigenvalue weighted by Crippen LogP contribution is -2.29. The van der Waals surface area contributed by atoms with Crippen LogP contribution in [0.25, 0.3) is 0 Å². The van der Waals surface area contributed by atoms with Gasteiger partial charge in [0, 0.05) is 11.0 Å². The van der Waals surface area contributed by atoms with Crippen LogP contribution in [0.2, 0.25) is 5.02 Å². The summed E-state index contributed by atoms with van der Waals surface area (Å²) < 4.78 is 6.27. The molecule has 0 aliphatic rings. The van der Waals surface area contributed by atoms with Crippen LogP contribution in [0.15, 0.2) is 22.7 Å². The van der Waals surface area contributed by atoms with E-state index in [1.54, 1.807) is 12.1 Å². The number of benzene rings is 1. The number of ether oxygens (including phenoxy) is 1. The zero-order valence-corrected chi connectivity index (χ0v) is 14.1. The van der Waals surface area contributed by atoms with E-state index >= 15 is 0 Å². The number of amides is 1. The molecule has 0 radical (unpaired) electrons. The second-order valence-electron chi connectivity index (χ2n) is 4.63. The number of rotatable bonds is 9. The largest absolute Gasteiger partial charge is 0.482 e. The van der Waals surface area contributed by atoms with Gasteiger partial charge in [-0.05, 0) is 24.6 Å². The molecule has 1 N–H and O–H groups in total. The molecule has 1 rings (SSSR count). The zero-order valence-electron chi connectivity index (χ0n) is 11.8. The lowest BCUT2D eigenvalue weighted by atomic mass is 10.1. The predicted molar refractivity (Wildman–Crippen MR) is 86.4 cm³/mol. The Bertz CT molecular complexity index is 426. The van der Waals surface area contributed by atoms with Crippen LogP contribution in [0.1, 0.15) is 39.0 Å². The summed E-state index contributed by atoms with van der Waals surface area (Å²) in [7, 11) is 0. The number of unbranched alkanes of at least 4 members (excludes halogenated alkanes) is 4. The van der Waals surface area contributed by atoms with Crippen molar-refractivity contribution in [3.63, 3.8) is 0 Å². The quantitative estimate of drug-likeness (QED) is 0.654.